The molecule has 0 aliphatic heterocycles. The van der Waals surface area contributed by atoms with Gasteiger partial charge in [-0.15, -0.1) is 0 Å². The normalized spacial score (nSPS) is 31.8. The molecule has 0 bridgehead atoms. The first kappa shape index (κ1) is 12.7. The molecule has 1 fully saturated rings. The van der Waals surface area contributed by atoms with Gasteiger partial charge in [0.25, 0.3) is 0 Å². The van der Waals surface area contributed by atoms with E-state index in [1.807, 2.05) is 0 Å². The first-order valence-corrected chi connectivity index (χ1v) is 6.91. The number of hydrogen-bond donors (Lipinski definition) is 1. The lowest BCUT2D eigenvalue weighted by Crippen LogP contribution is -2.38. The van der Waals surface area contributed by atoms with Crippen molar-refractivity contribution in [3.8, 4) is 0 Å². The molecule has 1 aliphatic carbocycles. The molecule has 102 valence electrons. The van der Waals surface area contributed by atoms with Crippen LogP contribution in [0.5, 0.6) is 0 Å². The zero-order valence-corrected chi connectivity index (χ0v) is 11.3. The van der Waals surface area contributed by atoms with Crippen LogP contribution in [-0.2, 0) is 5.60 Å². The van der Waals surface area contributed by atoms with Crippen LogP contribution in [0.1, 0.15) is 38.9 Å². The smallest absolute Gasteiger partial charge is 0.137 e. The van der Waals surface area contributed by atoms with E-state index in [9.17, 15) is 9.50 Å². The first-order chi connectivity index (χ1) is 8.99. The van der Waals surface area contributed by atoms with Crippen LogP contribution in [0.2, 0.25) is 0 Å². The summed E-state index contributed by atoms with van der Waals surface area (Å²) in [7, 11) is 0. The van der Waals surface area contributed by atoms with Gasteiger partial charge in [0.15, 0.2) is 0 Å². The Morgan fingerprint density at radius 2 is 2.05 bits per heavy atom. The molecule has 2 nitrogen and oxygen atoms in total. The summed E-state index contributed by atoms with van der Waals surface area (Å²) in [6, 6.07) is 6.23. The van der Waals surface area contributed by atoms with E-state index in [-0.39, 0.29) is 11.7 Å². The number of aliphatic hydroxyl groups is 1. The van der Waals surface area contributed by atoms with Crippen LogP contribution in [0.15, 0.2) is 28.7 Å². The molecule has 0 amide bonds. The van der Waals surface area contributed by atoms with Crippen molar-refractivity contribution in [2.24, 2.45) is 11.8 Å². The predicted molar refractivity (Wildman–Crippen MR) is 72.2 cm³/mol. The van der Waals surface area contributed by atoms with Crippen LogP contribution in [-0.4, -0.2) is 5.11 Å². The van der Waals surface area contributed by atoms with Crippen molar-refractivity contribution in [2.45, 2.75) is 38.7 Å². The van der Waals surface area contributed by atoms with E-state index in [0.717, 1.165) is 12.8 Å². The Morgan fingerprint density at radius 1 is 1.26 bits per heavy atom. The van der Waals surface area contributed by atoms with Crippen LogP contribution in [0.4, 0.5) is 4.39 Å². The molecule has 3 unspecified atom stereocenters. The molecule has 1 aromatic heterocycles. The lowest BCUT2D eigenvalue weighted by atomic mass is 9.71. The molecular formula is C16H19FO2. The second kappa shape index (κ2) is 4.34. The van der Waals surface area contributed by atoms with E-state index >= 15 is 0 Å². The topological polar surface area (TPSA) is 33.4 Å². The van der Waals surface area contributed by atoms with Crippen LogP contribution in [0, 0.1) is 17.7 Å². The number of furan rings is 1. The zero-order chi connectivity index (χ0) is 13.6. The summed E-state index contributed by atoms with van der Waals surface area (Å²) in [6.45, 7) is 4.21. The van der Waals surface area contributed by atoms with Gasteiger partial charge in [0.1, 0.15) is 22.8 Å². The fraction of sp³-hybridized carbons (Fsp3) is 0.500. The summed E-state index contributed by atoms with van der Waals surface area (Å²) in [5.74, 6) is 0.935. The molecule has 0 spiro atoms. The van der Waals surface area contributed by atoms with E-state index in [0.29, 0.717) is 29.1 Å². The van der Waals surface area contributed by atoms with Gasteiger partial charge in [-0.1, -0.05) is 20.3 Å². The maximum Gasteiger partial charge on any atom is 0.137 e. The Labute approximate surface area is 112 Å². The third-order valence-electron chi connectivity index (χ3n) is 4.47. The van der Waals surface area contributed by atoms with Gasteiger partial charge in [0, 0.05) is 5.39 Å². The number of hydrogen-bond acceptors (Lipinski definition) is 2. The van der Waals surface area contributed by atoms with E-state index in [2.05, 4.69) is 13.8 Å². The highest BCUT2D eigenvalue weighted by molar-refractivity contribution is 5.78. The molecule has 3 atom stereocenters. The van der Waals surface area contributed by atoms with E-state index in [4.69, 9.17) is 4.42 Å². The van der Waals surface area contributed by atoms with Gasteiger partial charge >= 0.3 is 0 Å². The second-order valence-electron chi connectivity index (χ2n) is 6.00. The summed E-state index contributed by atoms with van der Waals surface area (Å²) in [4.78, 5) is 0. The third kappa shape index (κ3) is 2.06. The van der Waals surface area contributed by atoms with Crippen LogP contribution in [0.25, 0.3) is 11.0 Å². The highest BCUT2D eigenvalue weighted by atomic mass is 19.1. The SMILES string of the molecule is CC1CCC(C)C(O)(c2cc3cc(F)ccc3o2)C1. The number of fused-ring (bicyclic) bond motifs is 1. The Morgan fingerprint density at radius 3 is 2.84 bits per heavy atom. The highest BCUT2D eigenvalue weighted by Crippen LogP contribution is 2.45. The van der Waals surface area contributed by atoms with Crippen molar-refractivity contribution in [1.29, 1.82) is 0 Å². The minimum Gasteiger partial charge on any atom is -0.458 e. The zero-order valence-electron chi connectivity index (χ0n) is 11.3. The average Bonchev–Trinajstić information content (AvgIpc) is 2.77. The lowest BCUT2D eigenvalue weighted by Gasteiger charge is -2.39. The number of rotatable bonds is 1. The van der Waals surface area contributed by atoms with Gasteiger partial charge in [-0.25, -0.2) is 4.39 Å². The maximum atomic E-state index is 13.2. The van der Waals surface area contributed by atoms with Gasteiger partial charge in [-0.3, -0.25) is 0 Å². The largest absolute Gasteiger partial charge is 0.458 e. The minimum atomic E-state index is -0.923. The van der Waals surface area contributed by atoms with E-state index in [1.165, 1.54) is 12.1 Å². The van der Waals surface area contributed by atoms with E-state index < -0.39 is 5.60 Å². The van der Waals surface area contributed by atoms with Gasteiger partial charge in [-0.05, 0) is 48.9 Å². The van der Waals surface area contributed by atoms with Gasteiger partial charge in [-0.2, -0.15) is 0 Å². The quantitative estimate of drug-likeness (QED) is 0.835. The Balaban J connectivity index is 2.06. The molecule has 0 radical (unpaired) electrons. The predicted octanol–water partition coefficient (Wildman–Crippen LogP) is 4.22. The molecule has 1 aliphatic rings. The Hall–Kier alpha value is -1.35. The summed E-state index contributed by atoms with van der Waals surface area (Å²) < 4.78 is 19.0. The van der Waals surface area contributed by atoms with E-state index in [1.54, 1.807) is 12.1 Å². The van der Waals surface area contributed by atoms with Crippen molar-refractivity contribution in [1.82, 2.24) is 0 Å². The maximum absolute atomic E-state index is 13.2. The van der Waals surface area contributed by atoms with Crippen molar-refractivity contribution >= 4 is 11.0 Å². The minimum absolute atomic E-state index is 0.161. The summed E-state index contributed by atoms with van der Waals surface area (Å²) in [5, 5.41) is 11.7. The van der Waals surface area contributed by atoms with Gasteiger partial charge in [0.05, 0.1) is 0 Å². The fourth-order valence-electron chi connectivity index (χ4n) is 3.18. The molecule has 1 aromatic carbocycles. The molecule has 1 heterocycles. The molecule has 3 rings (SSSR count). The van der Waals surface area contributed by atoms with Crippen LogP contribution in [0.3, 0.4) is 0 Å². The van der Waals surface area contributed by atoms with Crippen LogP contribution < -0.4 is 0 Å². The summed E-state index contributed by atoms with van der Waals surface area (Å²) >= 11 is 0. The number of halogens is 1. The first-order valence-electron chi connectivity index (χ1n) is 6.91. The second-order valence-corrected chi connectivity index (χ2v) is 6.00. The third-order valence-corrected chi connectivity index (χ3v) is 4.47. The Kier molecular flexibility index (Phi) is 2.90. The molecule has 1 N–H and O–H groups in total. The molecule has 1 saturated carbocycles. The molecular weight excluding hydrogens is 243 g/mol. The fourth-order valence-corrected chi connectivity index (χ4v) is 3.18. The van der Waals surface area contributed by atoms with Crippen LogP contribution >= 0.6 is 0 Å². The summed E-state index contributed by atoms with van der Waals surface area (Å²) in [5.41, 5.74) is -0.289. The average molecular weight is 262 g/mol. The van der Waals surface area contributed by atoms with Crippen molar-refractivity contribution in [2.75, 3.05) is 0 Å². The van der Waals surface area contributed by atoms with Crippen molar-refractivity contribution in [3.05, 3.63) is 35.8 Å². The van der Waals surface area contributed by atoms with Gasteiger partial charge in [0.2, 0.25) is 0 Å². The monoisotopic (exact) mass is 262 g/mol. The standard InChI is InChI=1S/C16H19FO2/c1-10-3-4-11(2)16(18,9-10)15-8-12-7-13(17)5-6-14(12)19-15/h5-8,10-11,18H,3-4,9H2,1-2H3. The van der Waals surface area contributed by atoms with Crippen molar-refractivity contribution in [3.63, 3.8) is 0 Å². The van der Waals surface area contributed by atoms with Gasteiger partial charge < -0.3 is 9.52 Å². The summed E-state index contributed by atoms with van der Waals surface area (Å²) in [6.07, 6.45) is 2.83. The molecule has 3 heteroatoms. The highest BCUT2D eigenvalue weighted by Gasteiger charge is 2.42. The Bertz CT molecular complexity index is 604. The molecule has 19 heavy (non-hydrogen) atoms. The molecule has 0 saturated heterocycles. The lowest BCUT2D eigenvalue weighted by molar-refractivity contribution is -0.0773. The molecule has 2 aromatic rings. The number of benzene rings is 1. The van der Waals surface area contributed by atoms with Crippen molar-refractivity contribution < 1.29 is 13.9 Å².